The van der Waals surface area contributed by atoms with Gasteiger partial charge in [0.05, 0.1) is 12.5 Å². The number of furan rings is 1. The standard InChI is InChI=1S/C12H21NO2/c1-3-12(4-2,10-14)9-13-7-11-5-6-15-8-11/h5-6,8,13-14H,3-4,7,9-10H2,1-2H3. The van der Waals surface area contributed by atoms with Crippen molar-refractivity contribution in [2.45, 2.75) is 33.2 Å². The maximum atomic E-state index is 9.38. The molecule has 15 heavy (non-hydrogen) atoms. The fourth-order valence-electron chi connectivity index (χ4n) is 1.64. The quantitative estimate of drug-likeness (QED) is 0.726. The predicted octanol–water partition coefficient (Wildman–Crippen LogP) is 2.17. The zero-order chi connectivity index (χ0) is 11.1. The molecule has 1 rings (SSSR count). The van der Waals surface area contributed by atoms with Crippen LogP contribution in [-0.2, 0) is 6.54 Å². The van der Waals surface area contributed by atoms with Gasteiger partial charge in [-0.2, -0.15) is 0 Å². The molecule has 1 aromatic rings. The fraction of sp³-hybridized carbons (Fsp3) is 0.667. The molecule has 2 N–H and O–H groups in total. The maximum absolute atomic E-state index is 9.38. The Bertz CT molecular complexity index is 244. The molecule has 0 unspecified atom stereocenters. The van der Waals surface area contributed by atoms with Crippen LogP contribution >= 0.6 is 0 Å². The van der Waals surface area contributed by atoms with Crippen molar-refractivity contribution in [3.8, 4) is 0 Å². The van der Waals surface area contributed by atoms with Gasteiger partial charge in [0.25, 0.3) is 0 Å². The summed E-state index contributed by atoms with van der Waals surface area (Å²) in [5.41, 5.74) is 1.18. The van der Waals surface area contributed by atoms with Crippen molar-refractivity contribution in [1.29, 1.82) is 0 Å². The van der Waals surface area contributed by atoms with E-state index in [1.807, 2.05) is 6.07 Å². The normalized spacial score (nSPS) is 11.9. The van der Waals surface area contributed by atoms with Gasteiger partial charge in [0, 0.05) is 30.7 Å². The van der Waals surface area contributed by atoms with Gasteiger partial charge in [0.2, 0.25) is 0 Å². The van der Waals surface area contributed by atoms with Gasteiger partial charge in [0.1, 0.15) is 0 Å². The molecule has 0 aliphatic rings. The highest BCUT2D eigenvalue weighted by Crippen LogP contribution is 2.24. The van der Waals surface area contributed by atoms with Crippen LogP contribution in [0, 0.1) is 5.41 Å². The van der Waals surface area contributed by atoms with E-state index in [-0.39, 0.29) is 12.0 Å². The highest BCUT2D eigenvalue weighted by Gasteiger charge is 2.24. The van der Waals surface area contributed by atoms with E-state index < -0.39 is 0 Å². The van der Waals surface area contributed by atoms with Gasteiger partial charge in [-0.05, 0) is 18.9 Å². The van der Waals surface area contributed by atoms with E-state index in [4.69, 9.17) is 4.42 Å². The van der Waals surface area contributed by atoms with Crippen molar-refractivity contribution in [2.24, 2.45) is 5.41 Å². The molecule has 0 amide bonds. The highest BCUT2D eigenvalue weighted by atomic mass is 16.3. The Kier molecular flexibility index (Phi) is 4.85. The Morgan fingerprint density at radius 3 is 2.60 bits per heavy atom. The topological polar surface area (TPSA) is 45.4 Å². The maximum Gasteiger partial charge on any atom is 0.0947 e. The van der Waals surface area contributed by atoms with E-state index in [1.165, 1.54) is 0 Å². The highest BCUT2D eigenvalue weighted by molar-refractivity contribution is 5.04. The van der Waals surface area contributed by atoms with E-state index in [1.54, 1.807) is 12.5 Å². The molecule has 0 aliphatic carbocycles. The minimum Gasteiger partial charge on any atom is -0.472 e. The van der Waals surface area contributed by atoms with Crippen LogP contribution < -0.4 is 5.32 Å². The first kappa shape index (κ1) is 12.3. The van der Waals surface area contributed by atoms with Crippen LogP contribution in [0.1, 0.15) is 32.3 Å². The Balaban J connectivity index is 2.34. The summed E-state index contributed by atoms with van der Waals surface area (Å²) in [6.45, 7) is 6.15. The van der Waals surface area contributed by atoms with Crippen LogP contribution in [0.4, 0.5) is 0 Å². The van der Waals surface area contributed by atoms with Crippen molar-refractivity contribution < 1.29 is 9.52 Å². The van der Waals surface area contributed by atoms with Crippen LogP contribution in [0.3, 0.4) is 0 Å². The molecule has 0 atom stereocenters. The van der Waals surface area contributed by atoms with Crippen molar-refractivity contribution in [1.82, 2.24) is 5.32 Å². The molecule has 0 spiro atoms. The van der Waals surface area contributed by atoms with Crippen LogP contribution in [0.25, 0.3) is 0 Å². The smallest absolute Gasteiger partial charge is 0.0947 e. The SMILES string of the molecule is CCC(CC)(CO)CNCc1ccoc1. The summed E-state index contributed by atoms with van der Waals surface area (Å²) in [6, 6.07) is 1.95. The van der Waals surface area contributed by atoms with E-state index in [0.29, 0.717) is 0 Å². The van der Waals surface area contributed by atoms with Gasteiger partial charge in [-0.25, -0.2) is 0 Å². The first-order valence-corrected chi connectivity index (χ1v) is 5.59. The monoisotopic (exact) mass is 211 g/mol. The van der Waals surface area contributed by atoms with Gasteiger partial charge in [-0.1, -0.05) is 13.8 Å². The predicted molar refractivity (Wildman–Crippen MR) is 60.5 cm³/mol. The molecule has 0 aromatic carbocycles. The lowest BCUT2D eigenvalue weighted by Crippen LogP contribution is -2.36. The zero-order valence-electron chi connectivity index (χ0n) is 9.62. The largest absolute Gasteiger partial charge is 0.472 e. The molecular formula is C12H21NO2. The van der Waals surface area contributed by atoms with Gasteiger partial charge in [0.15, 0.2) is 0 Å². The third-order valence-electron chi connectivity index (χ3n) is 3.24. The van der Waals surface area contributed by atoms with Gasteiger partial charge in [-0.3, -0.25) is 0 Å². The van der Waals surface area contributed by atoms with Crippen LogP contribution in [0.5, 0.6) is 0 Å². The summed E-state index contributed by atoms with van der Waals surface area (Å²) >= 11 is 0. The molecule has 3 nitrogen and oxygen atoms in total. The third kappa shape index (κ3) is 3.36. The fourth-order valence-corrected chi connectivity index (χ4v) is 1.64. The van der Waals surface area contributed by atoms with E-state index in [9.17, 15) is 5.11 Å². The van der Waals surface area contributed by atoms with Crippen molar-refractivity contribution >= 4 is 0 Å². The second-order valence-electron chi connectivity index (χ2n) is 4.10. The van der Waals surface area contributed by atoms with E-state index in [0.717, 1.165) is 31.5 Å². The average molecular weight is 211 g/mol. The molecule has 1 heterocycles. The number of nitrogens with one attached hydrogen (secondary N) is 1. The molecular weight excluding hydrogens is 190 g/mol. The van der Waals surface area contributed by atoms with Gasteiger partial charge in [-0.15, -0.1) is 0 Å². The van der Waals surface area contributed by atoms with E-state index >= 15 is 0 Å². The van der Waals surface area contributed by atoms with Crippen molar-refractivity contribution in [2.75, 3.05) is 13.2 Å². The zero-order valence-corrected chi connectivity index (χ0v) is 9.62. The minimum atomic E-state index is 0.0315. The molecule has 0 saturated carbocycles. The summed E-state index contributed by atoms with van der Waals surface area (Å²) in [5, 5.41) is 12.7. The average Bonchev–Trinajstić information content (AvgIpc) is 2.78. The Hall–Kier alpha value is -0.800. The molecule has 86 valence electrons. The Morgan fingerprint density at radius 2 is 2.13 bits per heavy atom. The molecule has 1 aromatic heterocycles. The number of hydrogen-bond acceptors (Lipinski definition) is 3. The Morgan fingerprint density at radius 1 is 1.40 bits per heavy atom. The molecule has 0 saturated heterocycles. The summed E-state index contributed by atoms with van der Waals surface area (Å²) in [5.74, 6) is 0. The molecule has 0 aliphatic heterocycles. The lowest BCUT2D eigenvalue weighted by molar-refractivity contribution is 0.113. The molecule has 0 fully saturated rings. The van der Waals surface area contributed by atoms with Crippen molar-refractivity contribution in [3.63, 3.8) is 0 Å². The van der Waals surface area contributed by atoms with Crippen LogP contribution in [0.15, 0.2) is 23.0 Å². The van der Waals surface area contributed by atoms with Crippen molar-refractivity contribution in [3.05, 3.63) is 24.2 Å². The molecule has 0 bridgehead atoms. The Labute approximate surface area is 91.5 Å². The number of hydrogen-bond donors (Lipinski definition) is 2. The molecule has 0 radical (unpaired) electrons. The molecule has 3 heteroatoms. The number of aliphatic hydroxyl groups excluding tert-OH is 1. The van der Waals surface area contributed by atoms with Crippen LogP contribution in [-0.4, -0.2) is 18.3 Å². The summed E-state index contributed by atoms with van der Waals surface area (Å²) in [7, 11) is 0. The van der Waals surface area contributed by atoms with Crippen LogP contribution in [0.2, 0.25) is 0 Å². The number of aliphatic hydroxyl groups is 1. The summed E-state index contributed by atoms with van der Waals surface area (Å²) < 4.78 is 4.99. The van der Waals surface area contributed by atoms with E-state index in [2.05, 4.69) is 19.2 Å². The minimum absolute atomic E-state index is 0.0315. The second-order valence-corrected chi connectivity index (χ2v) is 4.10. The third-order valence-corrected chi connectivity index (χ3v) is 3.24. The lowest BCUT2D eigenvalue weighted by Gasteiger charge is -2.29. The summed E-state index contributed by atoms with van der Waals surface area (Å²) in [6.07, 6.45) is 5.41. The first-order chi connectivity index (χ1) is 7.26. The summed E-state index contributed by atoms with van der Waals surface area (Å²) in [4.78, 5) is 0. The lowest BCUT2D eigenvalue weighted by atomic mass is 9.83. The second kappa shape index (κ2) is 5.93. The van der Waals surface area contributed by atoms with Gasteiger partial charge < -0.3 is 14.8 Å². The number of rotatable bonds is 7. The van der Waals surface area contributed by atoms with Gasteiger partial charge >= 0.3 is 0 Å². The first-order valence-electron chi connectivity index (χ1n) is 5.59.